The molecule has 9 heteroatoms. The van der Waals surface area contributed by atoms with E-state index in [-0.39, 0.29) is 31.4 Å². The molecule has 9 nitrogen and oxygen atoms in total. The van der Waals surface area contributed by atoms with E-state index in [0.717, 1.165) is 5.56 Å². The summed E-state index contributed by atoms with van der Waals surface area (Å²) in [5, 5.41) is 8.95. The van der Waals surface area contributed by atoms with Crippen LogP contribution in [0.25, 0.3) is 0 Å². The summed E-state index contributed by atoms with van der Waals surface area (Å²) in [7, 11) is 0. The van der Waals surface area contributed by atoms with Gasteiger partial charge in [0.15, 0.2) is 11.6 Å². The number of fused-ring (bicyclic) bond motifs is 3. The quantitative estimate of drug-likeness (QED) is 0.415. The van der Waals surface area contributed by atoms with Crippen molar-refractivity contribution in [3.63, 3.8) is 0 Å². The Balaban J connectivity index is 1.47. The molecule has 2 aromatic rings. The number of carbonyl (C=O) groups is 2. The zero-order chi connectivity index (χ0) is 25.8. The van der Waals surface area contributed by atoms with Crippen LogP contribution in [0.15, 0.2) is 66.2 Å². The highest BCUT2D eigenvalue weighted by molar-refractivity contribution is 6.11. The summed E-state index contributed by atoms with van der Waals surface area (Å²) in [6.07, 6.45) is 1.85. The van der Waals surface area contributed by atoms with Gasteiger partial charge in [-0.1, -0.05) is 24.3 Å². The summed E-state index contributed by atoms with van der Waals surface area (Å²) >= 11 is 0. The molecule has 2 amide bonds. The fraction of sp³-hybridized carbons (Fsp3) is 0.393. The smallest absolute Gasteiger partial charge is 0.260 e. The molecule has 0 spiro atoms. The van der Waals surface area contributed by atoms with Crippen LogP contribution in [0.3, 0.4) is 0 Å². The Kier molecular flexibility index (Phi) is 7.25. The van der Waals surface area contributed by atoms with Gasteiger partial charge in [-0.05, 0) is 30.3 Å². The van der Waals surface area contributed by atoms with Crippen LogP contribution in [0, 0.1) is 0 Å². The molecule has 1 N–H and O–H groups in total. The van der Waals surface area contributed by atoms with Crippen LogP contribution >= 0.6 is 0 Å². The molecule has 3 aliphatic rings. The maximum Gasteiger partial charge on any atom is 0.260 e. The molecule has 37 heavy (non-hydrogen) atoms. The number of ether oxygens (including phenoxy) is 3. The second-order valence-electron chi connectivity index (χ2n) is 9.23. The van der Waals surface area contributed by atoms with Crippen LogP contribution in [0.5, 0.6) is 5.75 Å². The van der Waals surface area contributed by atoms with Crippen molar-refractivity contribution in [2.45, 2.75) is 24.5 Å². The standard InChI is InChI=1S/C28H31N3O6/c1-2-12-28-25(37-26(29-28)20-8-10-21(11-9-20)36-16-5-15-32)22-6-3-4-7-23(22)31(27(28)34)19-24(33)30-13-17-35-18-14-30/h2-4,6-11,25,32H,1,5,12-19H2/t25-,28-/m1/s1. The van der Waals surface area contributed by atoms with E-state index in [4.69, 9.17) is 24.3 Å². The van der Waals surface area contributed by atoms with Gasteiger partial charge in [0, 0.05) is 43.7 Å². The lowest BCUT2D eigenvalue weighted by Gasteiger charge is -2.41. The molecule has 0 aromatic heterocycles. The third-order valence-corrected chi connectivity index (χ3v) is 6.87. The van der Waals surface area contributed by atoms with E-state index < -0.39 is 11.6 Å². The molecule has 2 aromatic carbocycles. The summed E-state index contributed by atoms with van der Waals surface area (Å²) < 4.78 is 17.4. The van der Waals surface area contributed by atoms with Crippen LogP contribution in [0.1, 0.15) is 30.1 Å². The average molecular weight is 506 g/mol. The maximum atomic E-state index is 14.1. The first-order chi connectivity index (χ1) is 18.1. The molecule has 3 heterocycles. The van der Waals surface area contributed by atoms with E-state index >= 15 is 0 Å². The predicted octanol–water partition coefficient (Wildman–Crippen LogP) is 2.49. The van der Waals surface area contributed by atoms with Gasteiger partial charge in [-0.3, -0.25) is 9.59 Å². The molecule has 0 unspecified atom stereocenters. The fourth-order valence-electron chi connectivity index (χ4n) is 5.00. The molecular weight excluding hydrogens is 474 g/mol. The first-order valence-corrected chi connectivity index (χ1v) is 12.6. The van der Waals surface area contributed by atoms with Gasteiger partial charge in [-0.25, -0.2) is 4.99 Å². The Hall–Kier alpha value is -3.69. The number of rotatable bonds is 9. The lowest BCUT2D eigenvalue weighted by molar-refractivity contribution is -0.136. The number of aliphatic hydroxyl groups is 1. The van der Waals surface area contributed by atoms with Gasteiger partial charge in [0.2, 0.25) is 11.8 Å². The molecule has 0 bridgehead atoms. The van der Waals surface area contributed by atoms with E-state index in [1.54, 1.807) is 15.9 Å². The van der Waals surface area contributed by atoms with Gasteiger partial charge in [0.1, 0.15) is 12.3 Å². The molecular formula is C28H31N3O6. The lowest BCUT2D eigenvalue weighted by atomic mass is 9.80. The highest BCUT2D eigenvalue weighted by atomic mass is 16.5. The summed E-state index contributed by atoms with van der Waals surface area (Å²) in [4.78, 5) is 35.4. The van der Waals surface area contributed by atoms with E-state index in [0.29, 0.717) is 62.2 Å². The topological polar surface area (TPSA) is 101 Å². The maximum absolute atomic E-state index is 14.1. The number of anilines is 1. The molecule has 194 valence electrons. The molecule has 0 radical (unpaired) electrons. The molecule has 0 aliphatic carbocycles. The van der Waals surface area contributed by atoms with Crippen LogP contribution in [-0.4, -0.2) is 79.3 Å². The minimum absolute atomic E-state index is 0.0695. The molecule has 0 saturated carbocycles. The van der Waals surface area contributed by atoms with E-state index in [9.17, 15) is 9.59 Å². The number of hydrogen-bond acceptors (Lipinski definition) is 7. The number of hydrogen-bond donors (Lipinski definition) is 1. The van der Waals surface area contributed by atoms with E-state index in [2.05, 4.69) is 6.58 Å². The molecule has 2 atom stereocenters. The SMILES string of the molecule is C=CC[C@@]12N=C(c3ccc(OCCCO)cc3)O[C@@H]1c1ccccc1N(CC(=O)N1CCOCC1)C2=O. The number of aliphatic hydroxyl groups excluding tert-OH is 1. The largest absolute Gasteiger partial charge is 0.494 e. The Morgan fingerprint density at radius 1 is 1.19 bits per heavy atom. The van der Waals surface area contributed by atoms with Crippen molar-refractivity contribution in [1.29, 1.82) is 0 Å². The Bertz CT molecular complexity index is 1190. The molecule has 1 saturated heterocycles. The van der Waals surface area contributed by atoms with Crippen LogP contribution < -0.4 is 9.64 Å². The van der Waals surface area contributed by atoms with Gasteiger partial charge in [-0.15, -0.1) is 6.58 Å². The van der Waals surface area contributed by atoms with Crippen molar-refractivity contribution in [1.82, 2.24) is 4.90 Å². The number of aliphatic imine (C=N–C) groups is 1. The number of amides is 2. The second kappa shape index (κ2) is 10.7. The average Bonchev–Trinajstić information content (AvgIpc) is 3.33. The number of morpholine rings is 1. The molecule has 5 rings (SSSR count). The fourth-order valence-corrected chi connectivity index (χ4v) is 5.00. The Morgan fingerprint density at radius 2 is 1.95 bits per heavy atom. The van der Waals surface area contributed by atoms with Crippen molar-refractivity contribution in [2.24, 2.45) is 4.99 Å². The molecule has 3 aliphatic heterocycles. The van der Waals surface area contributed by atoms with Crippen LogP contribution in [-0.2, 0) is 19.1 Å². The van der Waals surface area contributed by atoms with Crippen molar-refractivity contribution in [3.8, 4) is 5.75 Å². The summed E-state index contributed by atoms with van der Waals surface area (Å²) in [6.45, 7) is 6.30. The number of carbonyl (C=O) groups excluding carboxylic acids is 2. The normalized spacial score (nSPS) is 22.6. The van der Waals surface area contributed by atoms with E-state index in [1.807, 2.05) is 48.5 Å². The zero-order valence-corrected chi connectivity index (χ0v) is 20.7. The lowest BCUT2D eigenvalue weighted by Crippen LogP contribution is -2.57. The Morgan fingerprint density at radius 3 is 2.68 bits per heavy atom. The highest BCUT2D eigenvalue weighted by Crippen LogP contribution is 2.50. The second-order valence-corrected chi connectivity index (χ2v) is 9.23. The first kappa shape index (κ1) is 25.0. The monoisotopic (exact) mass is 505 g/mol. The highest BCUT2D eigenvalue weighted by Gasteiger charge is 2.58. The summed E-state index contributed by atoms with van der Waals surface area (Å²) in [6, 6.07) is 14.8. The van der Waals surface area contributed by atoms with Gasteiger partial charge < -0.3 is 29.1 Å². The minimum Gasteiger partial charge on any atom is -0.494 e. The van der Waals surface area contributed by atoms with Gasteiger partial charge in [0.05, 0.1) is 25.5 Å². The number of benzene rings is 2. The number of para-hydroxylation sites is 1. The first-order valence-electron chi connectivity index (χ1n) is 12.6. The predicted molar refractivity (Wildman–Crippen MR) is 138 cm³/mol. The van der Waals surface area contributed by atoms with Crippen molar-refractivity contribution < 1.29 is 28.9 Å². The van der Waals surface area contributed by atoms with Crippen molar-refractivity contribution >= 4 is 23.4 Å². The van der Waals surface area contributed by atoms with Crippen molar-refractivity contribution in [3.05, 3.63) is 72.3 Å². The third kappa shape index (κ3) is 4.72. The van der Waals surface area contributed by atoms with Crippen LogP contribution in [0.2, 0.25) is 0 Å². The summed E-state index contributed by atoms with van der Waals surface area (Å²) in [5.41, 5.74) is 0.922. The van der Waals surface area contributed by atoms with Gasteiger partial charge in [-0.2, -0.15) is 0 Å². The summed E-state index contributed by atoms with van der Waals surface area (Å²) in [5.74, 6) is 0.622. The minimum atomic E-state index is -1.26. The van der Waals surface area contributed by atoms with E-state index in [1.165, 1.54) is 0 Å². The third-order valence-electron chi connectivity index (χ3n) is 6.87. The Labute approximate surface area is 215 Å². The zero-order valence-electron chi connectivity index (χ0n) is 20.7. The van der Waals surface area contributed by atoms with Crippen molar-refractivity contribution in [2.75, 3.05) is 51.0 Å². The number of nitrogens with zero attached hydrogens (tertiary/aromatic N) is 3. The van der Waals surface area contributed by atoms with Gasteiger partial charge >= 0.3 is 0 Å². The molecule has 1 fully saturated rings. The van der Waals surface area contributed by atoms with Gasteiger partial charge in [0.25, 0.3) is 5.91 Å². The van der Waals surface area contributed by atoms with Crippen LogP contribution in [0.4, 0.5) is 5.69 Å².